The molecule has 0 spiro atoms. The summed E-state index contributed by atoms with van der Waals surface area (Å²) in [5.74, 6) is -0.841. The molecule has 0 fully saturated rings. The van der Waals surface area contributed by atoms with E-state index in [0.29, 0.717) is 17.3 Å². The minimum Gasteiger partial charge on any atom is -0.355 e. The zero-order chi connectivity index (χ0) is 29.2. The van der Waals surface area contributed by atoms with Crippen LogP contribution in [0, 0.1) is 0 Å². The molecule has 7 nitrogen and oxygen atoms in total. The Hall–Kier alpha value is -4.14. The molecule has 0 aliphatic rings. The third-order valence-corrected chi connectivity index (χ3v) is 8.58. The van der Waals surface area contributed by atoms with Crippen LogP contribution in [0.1, 0.15) is 18.1 Å². The fraction of sp³-hybridized carbons (Fsp3) is 0.188. The number of nitrogens with one attached hydrogen (secondary N) is 1. The lowest BCUT2D eigenvalue weighted by Gasteiger charge is -2.33. The predicted octanol–water partition coefficient (Wildman–Crippen LogP) is 5.31. The summed E-state index contributed by atoms with van der Waals surface area (Å²) in [7, 11) is -4.11. The molecule has 4 rings (SSSR count). The average molecular weight is 590 g/mol. The van der Waals surface area contributed by atoms with Crippen molar-refractivity contribution in [3.8, 4) is 0 Å². The van der Waals surface area contributed by atoms with Crippen LogP contribution >= 0.6 is 11.6 Å². The number of amides is 2. The molecule has 0 radical (unpaired) electrons. The molecule has 0 heterocycles. The van der Waals surface area contributed by atoms with Gasteiger partial charge in [0, 0.05) is 24.5 Å². The molecule has 0 aromatic heterocycles. The van der Waals surface area contributed by atoms with Gasteiger partial charge in [-0.1, -0.05) is 90.5 Å². The largest absolute Gasteiger partial charge is 0.355 e. The Kier molecular flexibility index (Phi) is 10.2. The molecule has 1 atom stereocenters. The molecular weight excluding hydrogens is 558 g/mol. The summed E-state index contributed by atoms with van der Waals surface area (Å²) in [6.07, 6.45) is 0.253. The third-order valence-electron chi connectivity index (χ3n) is 6.54. The minimum absolute atomic E-state index is 0.0606. The lowest BCUT2D eigenvalue weighted by molar-refractivity contribution is -0.140. The van der Waals surface area contributed by atoms with Crippen molar-refractivity contribution in [3.63, 3.8) is 0 Å². The van der Waals surface area contributed by atoms with Gasteiger partial charge in [0.05, 0.1) is 10.6 Å². The van der Waals surface area contributed by atoms with Gasteiger partial charge in [0.2, 0.25) is 11.8 Å². The second-order valence-electron chi connectivity index (χ2n) is 9.41. The van der Waals surface area contributed by atoms with Crippen LogP contribution in [0.5, 0.6) is 0 Å². The van der Waals surface area contributed by atoms with Crippen molar-refractivity contribution in [3.05, 3.63) is 131 Å². The molecule has 0 unspecified atom stereocenters. The normalized spacial score (nSPS) is 11.9. The second kappa shape index (κ2) is 14.0. The molecule has 0 aliphatic carbocycles. The van der Waals surface area contributed by atoms with Crippen molar-refractivity contribution in [1.29, 1.82) is 0 Å². The van der Waals surface area contributed by atoms with Gasteiger partial charge in [0.1, 0.15) is 12.6 Å². The summed E-state index contributed by atoms with van der Waals surface area (Å²) in [6.45, 7) is 1.77. The zero-order valence-corrected chi connectivity index (χ0v) is 24.3. The Morgan fingerprint density at radius 2 is 1.34 bits per heavy atom. The van der Waals surface area contributed by atoms with Crippen LogP contribution in [0.3, 0.4) is 0 Å². The van der Waals surface area contributed by atoms with E-state index in [4.69, 9.17) is 11.6 Å². The van der Waals surface area contributed by atoms with Gasteiger partial charge in [-0.15, -0.1) is 0 Å². The number of carbonyl (C=O) groups excluding carboxylic acids is 2. The van der Waals surface area contributed by atoms with Crippen molar-refractivity contribution in [2.45, 2.75) is 30.8 Å². The molecule has 1 N–H and O–H groups in total. The van der Waals surface area contributed by atoms with Gasteiger partial charge in [0.15, 0.2) is 0 Å². The molecular formula is C32H32ClN3O4S. The highest BCUT2D eigenvalue weighted by Crippen LogP contribution is 2.25. The van der Waals surface area contributed by atoms with E-state index in [1.165, 1.54) is 17.0 Å². The van der Waals surface area contributed by atoms with E-state index in [1.54, 1.807) is 72.8 Å². The molecule has 2 amide bonds. The van der Waals surface area contributed by atoms with Crippen LogP contribution in [0.25, 0.3) is 0 Å². The summed E-state index contributed by atoms with van der Waals surface area (Å²) < 4.78 is 28.8. The van der Waals surface area contributed by atoms with Crippen molar-refractivity contribution >= 4 is 39.1 Å². The molecule has 0 aliphatic heterocycles. The van der Waals surface area contributed by atoms with E-state index in [0.717, 1.165) is 15.4 Å². The summed E-state index contributed by atoms with van der Waals surface area (Å²) in [4.78, 5) is 29.2. The van der Waals surface area contributed by atoms with Gasteiger partial charge in [-0.3, -0.25) is 13.9 Å². The van der Waals surface area contributed by atoms with Crippen LogP contribution in [-0.4, -0.2) is 44.3 Å². The first kappa shape index (κ1) is 29.8. The van der Waals surface area contributed by atoms with Crippen LogP contribution in [0.15, 0.2) is 120 Å². The summed E-state index contributed by atoms with van der Waals surface area (Å²) in [5.41, 5.74) is 1.96. The fourth-order valence-electron chi connectivity index (χ4n) is 4.48. The maximum Gasteiger partial charge on any atom is 0.264 e. The Balaban J connectivity index is 1.76. The Labute approximate surface area is 246 Å². The standard InChI is InChI=1S/C32H32ClN3O4S/c1-2-34-32(38)30(22-25-12-6-3-7-13-25)35(23-26-18-20-27(33)21-19-26)31(37)24-36(28-14-8-4-9-15-28)41(39,40)29-16-10-5-11-17-29/h3-21,30H,2,22-24H2,1H3,(H,34,38)/t30-/m0/s1. The monoisotopic (exact) mass is 589 g/mol. The van der Waals surface area contributed by atoms with Crippen LogP contribution in [-0.2, 0) is 32.6 Å². The minimum atomic E-state index is -4.11. The molecule has 9 heteroatoms. The SMILES string of the molecule is CCNC(=O)[C@H](Cc1ccccc1)N(Cc1ccc(Cl)cc1)C(=O)CN(c1ccccc1)S(=O)(=O)c1ccccc1. The fourth-order valence-corrected chi connectivity index (χ4v) is 6.04. The first-order chi connectivity index (χ1) is 19.8. The first-order valence-electron chi connectivity index (χ1n) is 13.3. The number of hydrogen-bond donors (Lipinski definition) is 1. The highest BCUT2D eigenvalue weighted by Gasteiger charge is 2.34. The van der Waals surface area contributed by atoms with Crippen molar-refractivity contribution in [2.24, 2.45) is 0 Å². The van der Waals surface area contributed by atoms with Crippen molar-refractivity contribution in [1.82, 2.24) is 10.2 Å². The summed E-state index contributed by atoms with van der Waals surface area (Å²) in [5, 5.41) is 3.39. The maximum absolute atomic E-state index is 14.2. The van der Waals surface area contributed by atoms with Crippen LogP contribution < -0.4 is 9.62 Å². The quantitative estimate of drug-likeness (QED) is 0.243. The summed E-state index contributed by atoms with van der Waals surface area (Å²) in [6, 6.07) is 32.0. The molecule has 41 heavy (non-hydrogen) atoms. The zero-order valence-electron chi connectivity index (χ0n) is 22.7. The van der Waals surface area contributed by atoms with Gasteiger partial charge < -0.3 is 10.2 Å². The van der Waals surface area contributed by atoms with Gasteiger partial charge in [-0.05, 0) is 54.4 Å². The molecule has 0 saturated carbocycles. The van der Waals surface area contributed by atoms with E-state index in [9.17, 15) is 18.0 Å². The number of sulfonamides is 1. The maximum atomic E-state index is 14.2. The Morgan fingerprint density at radius 3 is 1.93 bits per heavy atom. The molecule has 4 aromatic rings. The van der Waals surface area contributed by atoms with Gasteiger partial charge in [-0.2, -0.15) is 0 Å². The first-order valence-corrected chi connectivity index (χ1v) is 15.1. The van der Waals surface area contributed by atoms with E-state index in [-0.39, 0.29) is 23.8 Å². The number of hydrogen-bond acceptors (Lipinski definition) is 4. The van der Waals surface area contributed by atoms with E-state index in [1.807, 2.05) is 37.3 Å². The number of likely N-dealkylation sites (N-methyl/N-ethyl adjacent to an activating group) is 1. The average Bonchev–Trinajstić information content (AvgIpc) is 3.00. The molecule has 4 aromatic carbocycles. The number of carbonyl (C=O) groups is 2. The van der Waals surface area contributed by atoms with E-state index < -0.39 is 28.5 Å². The van der Waals surface area contributed by atoms with Crippen molar-refractivity contribution < 1.29 is 18.0 Å². The molecule has 212 valence electrons. The highest BCUT2D eigenvalue weighted by molar-refractivity contribution is 7.92. The Bertz CT molecular complexity index is 1530. The van der Waals surface area contributed by atoms with E-state index in [2.05, 4.69) is 5.32 Å². The lowest BCUT2D eigenvalue weighted by Crippen LogP contribution is -2.53. The van der Waals surface area contributed by atoms with Crippen LogP contribution in [0.2, 0.25) is 5.02 Å². The second-order valence-corrected chi connectivity index (χ2v) is 11.7. The number of halogens is 1. The smallest absolute Gasteiger partial charge is 0.264 e. The summed E-state index contributed by atoms with van der Waals surface area (Å²) >= 11 is 6.10. The number of nitrogens with zero attached hydrogens (tertiary/aromatic N) is 2. The number of rotatable bonds is 12. The van der Waals surface area contributed by atoms with Crippen molar-refractivity contribution in [2.75, 3.05) is 17.4 Å². The van der Waals surface area contributed by atoms with Gasteiger partial charge >= 0.3 is 0 Å². The predicted molar refractivity (Wildman–Crippen MR) is 162 cm³/mol. The molecule has 0 saturated heterocycles. The van der Waals surface area contributed by atoms with E-state index >= 15 is 0 Å². The third kappa shape index (κ3) is 7.74. The number of benzene rings is 4. The number of anilines is 1. The molecule has 0 bridgehead atoms. The topological polar surface area (TPSA) is 86.8 Å². The van der Waals surface area contributed by atoms with Crippen LogP contribution in [0.4, 0.5) is 5.69 Å². The lowest BCUT2D eigenvalue weighted by atomic mass is 10.0. The van der Waals surface area contributed by atoms with Gasteiger partial charge in [-0.25, -0.2) is 8.42 Å². The Morgan fingerprint density at radius 1 is 0.780 bits per heavy atom. The van der Waals surface area contributed by atoms with Gasteiger partial charge in [0.25, 0.3) is 10.0 Å². The number of para-hydroxylation sites is 1. The highest BCUT2D eigenvalue weighted by atomic mass is 35.5.